The minimum Gasteiger partial charge on any atom is -0.480 e. The highest BCUT2D eigenvalue weighted by Crippen LogP contribution is 2.32. The van der Waals surface area contributed by atoms with E-state index in [0.717, 1.165) is 25.1 Å². The lowest BCUT2D eigenvalue weighted by atomic mass is 10.2. The minimum atomic E-state index is -0.745. The first-order valence-corrected chi connectivity index (χ1v) is 5.67. The molecule has 88 valence electrons. The molecule has 0 spiro atoms. The highest BCUT2D eigenvalue weighted by Gasteiger charge is 2.35. The lowest BCUT2D eigenvalue weighted by Crippen LogP contribution is -2.38. The standard InChI is InChI=1S/C11H17N3O2/c1-2-14-7-12-5-9(14)6-13-10(11(15)16)8-3-4-8/h5,7-8,10,13H,2-4,6H2,1H3,(H,15,16). The van der Waals surface area contributed by atoms with Crippen LogP contribution in [0, 0.1) is 5.92 Å². The molecule has 0 aromatic carbocycles. The molecule has 16 heavy (non-hydrogen) atoms. The molecule has 0 amide bonds. The van der Waals surface area contributed by atoms with E-state index in [2.05, 4.69) is 10.3 Å². The van der Waals surface area contributed by atoms with E-state index >= 15 is 0 Å². The molecule has 1 aliphatic rings. The maximum absolute atomic E-state index is 11.0. The first-order valence-electron chi connectivity index (χ1n) is 5.67. The maximum Gasteiger partial charge on any atom is 0.320 e. The van der Waals surface area contributed by atoms with Crippen LogP contribution in [-0.4, -0.2) is 26.7 Å². The van der Waals surface area contributed by atoms with Gasteiger partial charge in [0.25, 0.3) is 0 Å². The van der Waals surface area contributed by atoms with Gasteiger partial charge in [-0.1, -0.05) is 0 Å². The molecule has 1 heterocycles. The first-order chi connectivity index (χ1) is 7.72. The maximum atomic E-state index is 11.0. The number of carboxylic acids is 1. The Morgan fingerprint density at radius 1 is 1.75 bits per heavy atom. The molecule has 0 aliphatic heterocycles. The number of hydrogen-bond donors (Lipinski definition) is 2. The smallest absolute Gasteiger partial charge is 0.320 e. The molecule has 5 heteroatoms. The van der Waals surface area contributed by atoms with Crippen molar-refractivity contribution in [1.29, 1.82) is 0 Å². The predicted octanol–water partition coefficient (Wildman–Crippen LogP) is 0.856. The van der Waals surface area contributed by atoms with Crippen molar-refractivity contribution in [3.63, 3.8) is 0 Å². The zero-order valence-corrected chi connectivity index (χ0v) is 9.39. The molecule has 2 N–H and O–H groups in total. The van der Waals surface area contributed by atoms with Gasteiger partial charge in [0.15, 0.2) is 0 Å². The molecular weight excluding hydrogens is 206 g/mol. The van der Waals surface area contributed by atoms with Crippen molar-refractivity contribution >= 4 is 5.97 Å². The number of carbonyl (C=O) groups is 1. The van der Waals surface area contributed by atoms with Crippen molar-refractivity contribution in [2.75, 3.05) is 0 Å². The van der Waals surface area contributed by atoms with Gasteiger partial charge in [0.2, 0.25) is 0 Å². The third-order valence-corrected chi connectivity index (χ3v) is 3.00. The molecular formula is C11H17N3O2. The van der Waals surface area contributed by atoms with Crippen molar-refractivity contribution in [1.82, 2.24) is 14.9 Å². The Balaban J connectivity index is 1.92. The summed E-state index contributed by atoms with van der Waals surface area (Å²) >= 11 is 0. The summed E-state index contributed by atoms with van der Waals surface area (Å²) in [4.78, 5) is 15.1. The Morgan fingerprint density at radius 3 is 3.06 bits per heavy atom. The summed E-state index contributed by atoms with van der Waals surface area (Å²) in [5, 5.41) is 12.2. The topological polar surface area (TPSA) is 67.2 Å². The van der Waals surface area contributed by atoms with Gasteiger partial charge in [0.1, 0.15) is 6.04 Å². The van der Waals surface area contributed by atoms with Gasteiger partial charge in [-0.25, -0.2) is 4.98 Å². The Kier molecular flexibility index (Phi) is 3.24. The number of aromatic nitrogens is 2. The van der Waals surface area contributed by atoms with Crippen LogP contribution in [0.5, 0.6) is 0 Å². The number of imidazole rings is 1. The second-order valence-electron chi connectivity index (χ2n) is 4.21. The van der Waals surface area contributed by atoms with Crippen LogP contribution >= 0.6 is 0 Å². The molecule has 0 saturated heterocycles. The highest BCUT2D eigenvalue weighted by molar-refractivity contribution is 5.74. The number of nitrogens with zero attached hydrogens (tertiary/aromatic N) is 2. The minimum absolute atomic E-state index is 0.315. The summed E-state index contributed by atoms with van der Waals surface area (Å²) in [6, 6.07) is -0.403. The molecule has 1 atom stereocenters. The van der Waals surface area contributed by atoms with E-state index in [1.807, 2.05) is 11.5 Å². The summed E-state index contributed by atoms with van der Waals surface area (Å²) in [6.07, 6.45) is 5.60. The van der Waals surface area contributed by atoms with Crippen molar-refractivity contribution in [3.8, 4) is 0 Å². The molecule has 1 fully saturated rings. The van der Waals surface area contributed by atoms with Gasteiger partial charge in [-0.05, 0) is 25.7 Å². The first kappa shape index (κ1) is 11.1. The molecule has 0 bridgehead atoms. The Morgan fingerprint density at radius 2 is 2.50 bits per heavy atom. The molecule has 5 nitrogen and oxygen atoms in total. The summed E-state index contributed by atoms with van der Waals surface area (Å²) < 4.78 is 2.01. The molecule has 1 aromatic heterocycles. The van der Waals surface area contributed by atoms with E-state index in [-0.39, 0.29) is 0 Å². The van der Waals surface area contributed by atoms with Crippen LogP contribution in [0.15, 0.2) is 12.5 Å². The summed E-state index contributed by atoms with van der Waals surface area (Å²) in [5.74, 6) is -0.430. The molecule has 2 rings (SSSR count). The van der Waals surface area contributed by atoms with Crippen molar-refractivity contribution < 1.29 is 9.90 Å². The van der Waals surface area contributed by atoms with E-state index < -0.39 is 12.0 Å². The summed E-state index contributed by atoms with van der Waals surface area (Å²) in [6.45, 7) is 3.47. The van der Waals surface area contributed by atoms with Crippen LogP contribution in [0.3, 0.4) is 0 Å². The zero-order valence-electron chi connectivity index (χ0n) is 9.39. The third-order valence-electron chi connectivity index (χ3n) is 3.00. The quantitative estimate of drug-likeness (QED) is 0.750. The van der Waals surface area contributed by atoms with Gasteiger partial charge in [-0.3, -0.25) is 10.1 Å². The van der Waals surface area contributed by atoms with E-state index in [1.54, 1.807) is 12.5 Å². The fourth-order valence-electron chi connectivity index (χ4n) is 1.88. The van der Waals surface area contributed by atoms with Gasteiger partial charge in [0, 0.05) is 19.3 Å². The van der Waals surface area contributed by atoms with Crippen molar-refractivity contribution in [2.24, 2.45) is 5.92 Å². The molecule has 1 saturated carbocycles. The fraction of sp³-hybridized carbons (Fsp3) is 0.636. The Hall–Kier alpha value is -1.36. The third kappa shape index (κ3) is 2.41. The Bertz CT molecular complexity index is 371. The van der Waals surface area contributed by atoms with Crippen LogP contribution < -0.4 is 5.32 Å². The number of nitrogens with one attached hydrogen (secondary N) is 1. The largest absolute Gasteiger partial charge is 0.480 e. The number of aryl methyl sites for hydroxylation is 1. The van der Waals surface area contributed by atoms with Gasteiger partial charge in [-0.2, -0.15) is 0 Å². The van der Waals surface area contributed by atoms with Crippen LogP contribution in [0.25, 0.3) is 0 Å². The molecule has 0 radical (unpaired) electrons. The van der Waals surface area contributed by atoms with Gasteiger partial charge < -0.3 is 9.67 Å². The Labute approximate surface area is 94.5 Å². The monoisotopic (exact) mass is 223 g/mol. The number of hydrogen-bond acceptors (Lipinski definition) is 3. The van der Waals surface area contributed by atoms with Crippen LogP contribution in [-0.2, 0) is 17.9 Å². The van der Waals surface area contributed by atoms with Crippen LogP contribution in [0.4, 0.5) is 0 Å². The van der Waals surface area contributed by atoms with Gasteiger partial charge >= 0.3 is 5.97 Å². The normalized spacial score (nSPS) is 17.3. The van der Waals surface area contributed by atoms with Crippen LogP contribution in [0.2, 0.25) is 0 Å². The van der Waals surface area contributed by atoms with Gasteiger partial charge in [0.05, 0.1) is 12.0 Å². The van der Waals surface area contributed by atoms with Crippen molar-refractivity contribution in [3.05, 3.63) is 18.2 Å². The van der Waals surface area contributed by atoms with Crippen LogP contribution in [0.1, 0.15) is 25.5 Å². The molecule has 1 unspecified atom stereocenters. The average Bonchev–Trinajstić information content (AvgIpc) is 2.97. The SMILES string of the molecule is CCn1cncc1CNC(C(=O)O)C1CC1. The van der Waals surface area contributed by atoms with E-state index in [0.29, 0.717) is 12.5 Å². The second kappa shape index (κ2) is 4.65. The summed E-state index contributed by atoms with van der Waals surface area (Å²) in [5.41, 5.74) is 1.04. The lowest BCUT2D eigenvalue weighted by molar-refractivity contribution is -0.140. The lowest BCUT2D eigenvalue weighted by Gasteiger charge is -2.13. The average molecular weight is 223 g/mol. The fourth-order valence-corrected chi connectivity index (χ4v) is 1.88. The zero-order chi connectivity index (χ0) is 11.5. The molecule has 1 aromatic rings. The number of aliphatic carboxylic acids is 1. The van der Waals surface area contributed by atoms with E-state index in [9.17, 15) is 4.79 Å². The highest BCUT2D eigenvalue weighted by atomic mass is 16.4. The van der Waals surface area contributed by atoms with E-state index in [4.69, 9.17) is 5.11 Å². The predicted molar refractivity (Wildman–Crippen MR) is 58.9 cm³/mol. The number of rotatable bonds is 6. The van der Waals surface area contributed by atoms with Crippen molar-refractivity contribution in [2.45, 2.75) is 38.9 Å². The summed E-state index contributed by atoms with van der Waals surface area (Å²) in [7, 11) is 0. The van der Waals surface area contributed by atoms with E-state index in [1.165, 1.54) is 0 Å². The number of carboxylic acid groups (broad SMARTS) is 1. The van der Waals surface area contributed by atoms with Gasteiger partial charge in [-0.15, -0.1) is 0 Å². The molecule has 1 aliphatic carbocycles. The second-order valence-corrected chi connectivity index (χ2v) is 4.21.